The normalized spacial score (nSPS) is 18.4. The Morgan fingerprint density at radius 1 is 0.671 bits per heavy atom. The van der Waals surface area contributed by atoms with Crippen LogP contribution in [0.1, 0.15) is 88.3 Å². The molecule has 0 aliphatic carbocycles. The summed E-state index contributed by atoms with van der Waals surface area (Å²) < 4.78 is 22.0. The highest BCUT2D eigenvalue weighted by atomic mass is 35.5. The van der Waals surface area contributed by atoms with Gasteiger partial charge in [0.05, 0.1) is 44.2 Å². The van der Waals surface area contributed by atoms with Crippen LogP contribution < -0.4 is 9.80 Å². The van der Waals surface area contributed by atoms with Gasteiger partial charge >= 0.3 is 12.2 Å². The van der Waals surface area contributed by atoms with Gasteiger partial charge in [-0.1, -0.05) is 36.8 Å². The summed E-state index contributed by atoms with van der Waals surface area (Å²) in [5.74, 6) is 2.99. The van der Waals surface area contributed by atoms with Crippen LogP contribution in [0, 0.1) is 0 Å². The molecule has 10 rings (SSSR count). The Balaban J connectivity index is 0.000000176. The number of hydrogen-bond acceptors (Lipinski definition) is 14. The first-order chi connectivity index (χ1) is 34.4. The molecule has 2 atom stereocenters. The summed E-state index contributed by atoms with van der Waals surface area (Å²) >= 11 is 6.26. The average molecular weight is 1020 g/mol. The van der Waals surface area contributed by atoms with Gasteiger partial charge in [0.1, 0.15) is 39.3 Å². The van der Waals surface area contributed by atoms with Gasteiger partial charge in [-0.2, -0.15) is 0 Å². The van der Waals surface area contributed by atoms with Gasteiger partial charge in [0.2, 0.25) is 0 Å². The standard InChI is InChI=1S/C26H32N6O3.C16H16ClN5O.C11H19NO2.CH4/c1-17-16-34-14-13-32(17)22-15-21(18-7-11-31(12-8-18)25(33)35-26(2,3)4)29-24(30-22)20-6-10-28-23-19(20)5-9-27-23;1-10-9-23-7-6-22(10)14-8-13(17)20-16(21-14)12-3-5-19-15-11(12)2-4-18-15;1-9-5-7-12(8-6-9)10(13)14-11(2,3)4;/h5-7,9-10,15,17H,8,11-14,16H2,1-4H3,(H,27,28);2-5,8,10H,6-7,9H2,1H3,(H,18,19);5H,6-8H2,1-4H3;1H4/t17-;10-;;/m11../s1. The van der Waals surface area contributed by atoms with Crippen molar-refractivity contribution < 1.29 is 28.5 Å². The van der Waals surface area contributed by atoms with E-state index >= 15 is 0 Å². The van der Waals surface area contributed by atoms with Crippen molar-refractivity contribution in [2.75, 3.05) is 75.5 Å². The molecule has 18 nitrogen and oxygen atoms in total. The van der Waals surface area contributed by atoms with Crippen molar-refractivity contribution in [3.05, 3.63) is 89.8 Å². The lowest BCUT2D eigenvalue weighted by atomic mass is 10.0. The first-order valence-corrected chi connectivity index (χ1v) is 25.0. The number of morpholine rings is 2. The van der Waals surface area contributed by atoms with Gasteiger partial charge < -0.3 is 48.5 Å². The molecule has 2 amide bonds. The zero-order chi connectivity index (χ0) is 51.2. The van der Waals surface area contributed by atoms with Gasteiger partial charge in [0, 0.05) is 98.1 Å². The minimum absolute atomic E-state index is 0. The van der Waals surface area contributed by atoms with E-state index in [4.69, 9.17) is 45.5 Å². The van der Waals surface area contributed by atoms with E-state index in [1.165, 1.54) is 5.57 Å². The van der Waals surface area contributed by atoms with E-state index in [1.54, 1.807) is 22.2 Å². The second-order valence-electron chi connectivity index (χ2n) is 20.4. The molecule has 2 N–H and O–H groups in total. The molecule has 6 aromatic heterocycles. The maximum Gasteiger partial charge on any atom is 0.410 e. The topological polar surface area (TPSA) is 193 Å². The molecule has 6 aromatic rings. The summed E-state index contributed by atoms with van der Waals surface area (Å²) in [6, 6.07) is 12.2. The molecule has 2 fully saturated rings. The second-order valence-corrected chi connectivity index (χ2v) is 20.8. The van der Waals surface area contributed by atoms with E-state index in [-0.39, 0.29) is 31.7 Å². The molecule has 10 heterocycles. The first kappa shape index (κ1) is 54.2. The molecule has 4 aliphatic heterocycles. The lowest BCUT2D eigenvalue weighted by molar-refractivity contribution is 0.0257. The number of pyridine rings is 2. The highest BCUT2D eigenvalue weighted by Gasteiger charge is 2.28. The van der Waals surface area contributed by atoms with E-state index in [1.807, 2.05) is 84.3 Å². The van der Waals surface area contributed by atoms with Crippen LogP contribution in [-0.2, 0) is 18.9 Å². The fourth-order valence-electron chi connectivity index (χ4n) is 8.64. The largest absolute Gasteiger partial charge is 0.444 e. The van der Waals surface area contributed by atoms with Crippen LogP contribution in [0.3, 0.4) is 0 Å². The number of rotatable bonds is 5. The zero-order valence-electron chi connectivity index (χ0n) is 42.9. The molecule has 0 aromatic carbocycles. The van der Waals surface area contributed by atoms with Crippen molar-refractivity contribution in [2.24, 2.45) is 0 Å². The van der Waals surface area contributed by atoms with Crippen LogP contribution in [0.15, 0.2) is 78.9 Å². The first-order valence-electron chi connectivity index (χ1n) is 24.7. The Labute approximate surface area is 433 Å². The van der Waals surface area contributed by atoms with Crippen molar-refractivity contribution in [3.63, 3.8) is 0 Å². The number of aromatic amines is 2. The molecule has 2 saturated heterocycles. The molecule has 0 unspecified atom stereocenters. The summed E-state index contributed by atoms with van der Waals surface area (Å²) in [6.07, 6.45) is 12.6. The third-order valence-electron chi connectivity index (χ3n) is 12.4. The predicted molar refractivity (Wildman–Crippen MR) is 288 cm³/mol. The zero-order valence-corrected chi connectivity index (χ0v) is 43.6. The van der Waals surface area contributed by atoms with Crippen molar-refractivity contribution in [3.8, 4) is 22.8 Å². The molecule has 390 valence electrons. The maximum atomic E-state index is 12.5. The number of halogens is 1. The predicted octanol–water partition coefficient (Wildman–Crippen LogP) is 10.4. The molecule has 0 saturated carbocycles. The van der Waals surface area contributed by atoms with Gasteiger partial charge in [-0.3, -0.25) is 0 Å². The molecule has 4 aliphatic rings. The number of H-pyrrole nitrogens is 2. The monoisotopic (exact) mass is 1020 g/mol. The summed E-state index contributed by atoms with van der Waals surface area (Å²) in [7, 11) is 0. The van der Waals surface area contributed by atoms with Crippen LogP contribution >= 0.6 is 11.6 Å². The summed E-state index contributed by atoms with van der Waals surface area (Å²) in [6.45, 7) is 24.5. The van der Waals surface area contributed by atoms with Gasteiger partial charge in [-0.15, -0.1) is 0 Å². The van der Waals surface area contributed by atoms with Crippen LogP contribution in [0.5, 0.6) is 0 Å². The number of nitrogens with zero attached hydrogens (tertiary/aromatic N) is 10. The van der Waals surface area contributed by atoms with Crippen molar-refractivity contribution in [1.82, 2.24) is 49.7 Å². The summed E-state index contributed by atoms with van der Waals surface area (Å²) in [5.41, 5.74) is 5.91. The Bertz CT molecular complexity index is 2920. The third-order valence-corrected chi connectivity index (χ3v) is 12.6. The number of ether oxygens (including phenoxy) is 4. The Kier molecular flexibility index (Phi) is 17.4. The Morgan fingerprint density at radius 2 is 1.16 bits per heavy atom. The minimum Gasteiger partial charge on any atom is -0.444 e. The lowest BCUT2D eigenvalue weighted by Crippen LogP contribution is -2.44. The number of hydrogen-bond donors (Lipinski definition) is 2. The number of carbonyl (C=O) groups excluding carboxylic acids is 2. The number of amides is 2. The quantitative estimate of drug-likeness (QED) is 0.122. The van der Waals surface area contributed by atoms with E-state index in [2.05, 4.69) is 73.7 Å². The Morgan fingerprint density at radius 3 is 1.63 bits per heavy atom. The summed E-state index contributed by atoms with van der Waals surface area (Å²) in [5, 5.41) is 2.40. The van der Waals surface area contributed by atoms with E-state index in [0.717, 1.165) is 82.2 Å². The summed E-state index contributed by atoms with van der Waals surface area (Å²) in [4.78, 5) is 66.2. The van der Waals surface area contributed by atoms with Crippen LogP contribution in [-0.4, -0.2) is 151 Å². The highest BCUT2D eigenvalue weighted by Crippen LogP contribution is 2.32. The number of carbonyl (C=O) groups is 2. The van der Waals surface area contributed by atoms with Gasteiger partial charge in [-0.25, -0.2) is 39.5 Å². The van der Waals surface area contributed by atoms with E-state index < -0.39 is 11.2 Å². The highest BCUT2D eigenvalue weighted by molar-refractivity contribution is 6.29. The van der Waals surface area contributed by atoms with Gasteiger partial charge in [0.25, 0.3) is 0 Å². The fraction of sp³-hybridized carbons (Fsp3) is 0.481. The SMILES string of the molecule is C.CC1=CCN(C(=O)OC(C)(C)C)CC1.C[C@@H]1COCCN1c1cc(C2=CCN(C(=O)OC(C)(C)C)CC2)nc(-c2ccnc3[nH]ccc23)n1.C[C@@H]1COCCN1c1cc(Cl)nc(-c2ccnc3[nH]ccc23)n1. The second kappa shape index (κ2) is 23.5. The smallest absolute Gasteiger partial charge is 0.410 e. The number of nitrogens with one attached hydrogen (secondary N) is 2. The average Bonchev–Trinajstić information content (AvgIpc) is 4.04. The van der Waals surface area contributed by atoms with Crippen LogP contribution in [0.2, 0.25) is 5.15 Å². The van der Waals surface area contributed by atoms with E-state index in [0.29, 0.717) is 69.3 Å². The molecule has 0 bridgehead atoms. The van der Waals surface area contributed by atoms with Crippen LogP contribution in [0.25, 0.3) is 50.4 Å². The van der Waals surface area contributed by atoms with Crippen molar-refractivity contribution in [2.45, 2.75) is 106 Å². The number of anilines is 2. The van der Waals surface area contributed by atoms with E-state index in [9.17, 15) is 9.59 Å². The lowest BCUT2D eigenvalue weighted by Gasteiger charge is -2.35. The maximum absolute atomic E-state index is 12.5. The molecule has 0 spiro atoms. The Hall–Kier alpha value is -6.63. The van der Waals surface area contributed by atoms with Crippen LogP contribution in [0.4, 0.5) is 21.2 Å². The minimum atomic E-state index is -0.513. The van der Waals surface area contributed by atoms with Gasteiger partial charge in [-0.05, 0) is 105 Å². The van der Waals surface area contributed by atoms with Crippen molar-refractivity contribution >= 4 is 63.1 Å². The van der Waals surface area contributed by atoms with Crippen molar-refractivity contribution in [1.29, 1.82) is 0 Å². The van der Waals surface area contributed by atoms with Gasteiger partial charge in [0.15, 0.2) is 11.6 Å². The number of aromatic nitrogens is 8. The fourth-order valence-corrected chi connectivity index (χ4v) is 8.82. The third kappa shape index (κ3) is 13.9. The molecule has 73 heavy (non-hydrogen) atoms. The molecular formula is C54H71ClN12O6. The number of fused-ring (bicyclic) bond motifs is 2. The molecule has 19 heteroatoms. The molecule has 0 radical (unpaired) electrons. The molecular weight excluding hydrogens is 948 g/mol.